The van der Waals surface area contributed by atoms with Crippen molar-refractivity contribution in [3.05, 3.63) is 57.0 Å². The Morgan fingerprint density at radius 3 is 2.59 bits per heavy atom. The lowest BCUT2D eigenvalue weighted by atomic mass is 9.95. The summed E-state index contributed by atoms with van der Waals surface area (Å²) in [4.78, 5) is 37.9. The number of thiazole rings is 2. The molecule has 6 nitrogen and oxygen atoms in total. The first-order valence-corrected chi connectivity index (χ1v) is 12.5. The van der Waals surface area contributed by atoms with Gasteiger partial charge >= 0.3 is 0 Å². The molecule has 32 heavy (non-hydrogen) atoms. The predicted octanol–water partition coefficient (Wildman–Crippen LogP) is 4.22. The molecule has 0 bridgehead atoms. The van der Waals surface area contributed by atoms with Gasteiger partial charge in [0.2, 0.25) is 5.91 Å². The fraction of sp³-hybridized carbons (Fsp3) is 0.417. The number of rotatable bonds is 7. The number of benzene rings is 1. The number of hydrogen-bond donors (Lipinski definition) is 1. The molecular formula is C24H27N3O3S2. The van der Waals surface area contributed by atoms with Crippen LogP contribution in [0.1, 0.15) is 47.5 Å². The topological polar surface area (TPSA) is 83.4 Å². The number of aliphatic hydroxyl groups excluding tert-OH is 1. The molecule has 0 saturated carbocycles. The van der Waals surface area contributed by atoms with Crippen LogP contribution in [0.5, 0.6) is 0 Å². The number of Topliss-reactive ketones (excluding diaryl/α,β-unsaturated/α-hetero) is 1. The van der Waals surface area contributed by atoms with Crippen LogP contribution in [0.4, 0.5) is 0 Å². The van der Waals surface area contributed by atoms with Crippen molar-refractivity contribution in [2.75, 3.05) is 6.54 Å². The van der Waals surface area contributed by atoms with Crippen molar-refractivity contribution in [3.8, 4) is 10.6 Å². The molecule has 2 atom stereocenters. The molecular weight excluding hydrogens is 442 g/mol. The van der Waals surface area contributed by atoms with Crippen LogP contribution in [0.15, 0.2) is 35.7 Å². The summed E-state index contributed by atoms with van der Waals surface area (Å²) >= 11 is 2.87. The number of likely N-dealkylation sites (tertiary alicyclic amines) is 1. The zero-order chi connectivity index (χ0) is 22.8. The van der Waals surface area contributed by atoms with Crippen molar-refractivity contribution in [2.24, 2.45) is 5.92 Å². The number of amides is 1. The van der Waals surface area contributed by atoms with Gasteiger partial charge in [0.15, 0.2) is 5.78 Å². The van der Waals surface area contributed by atoms with Gasteiger partial charge in [-0.25, -0.2) is 9.97 Å². The maximum absolute atomic E-state index is 13.3. The zero-order valence-electron chi connectivity index (χ0n) is 18.4. The molecule has 1 saturated heterocycles. The Kier molecular flexibility index (Phi) is 6.83. The van der Waals surface area contributed by atoms with Crippen LogP contribution in [-0.2, 0) is 22.6 Å². The van der Waals surface area contributed by atoms with Crippen LogP contribution >= 0.6 is 22.7 Å². The Labute approximate surface area is 196 Å². The standard InChI is InChI=1S/C24H27N3O3S2/c1-14(2)24(30)27-11-17(16-7-5-4-6-8-16)9-19(27)20(29)10-21-26-18(13-31-21)23-15(3)25-22(12-28)32-23/h4-8,13-14,17,19,28H,9-12H2,1-3H3/t17-,19+/m1/s1. The van der Waals surface area contributed by atoms with Gasteiger partial charge in [-0.3, -0.25) is 9.59 Å². The Morgan fingerprint density at radius 2 is 1.94 bits per heavy atom. The van der Waals surface area contributed by atoms with E-state index < -0.39 is 6.04 Å². The maximum Gasteiger partial charge on any atom is 0.225 e. The molecule has 8 heteroatoms. The van der Waals surface area contributed by atoms with E-state index in [0.717, 1.165) is 21.3 Å². The molecule has 168 valence electrons. The fourth-order valence-corrected chi connectivity index (χ4v) is 5.96. The first kappa shape index (κ1) is 22.8. The molecule has 1 aromatic carbocycles. The predicted molar refractivity (Wildman–Crippen MR) is 127 cm³/mol. The summed E-state index contributed by atoms with van der Waals surface area (Å²) in [7, 11) is 0. The normalized spacial score (nSPS) is 18.5. The van der Waals surface area contributed by atoms with E-state index in [0.29, 0.717) is 18.0 Å². The third-order valence-electron chi connectivity index (χ3n) is 5.81. The van der Waals surface area contributed by atoms with E-state index in [1.54, 1.807) is 4.90 Å². The lowest BCUT2D eigenvalue weighted by Gasteiger charge is -2.25. The van der Waals surface area contributed by atoms with Crippen LogP contribution in [0.3, 0.4) is 0 Å². The van der Waals surface area contributed by atoms with Crippen LogP contribution in [-0.4, -0.2) is 44.3 Å². The summed E-state index contributed by atoms with van der Waals surface area (Å²) < 4.78 is 0. The van der Waals surface area contributed by atoms with E-state index in [9.17, 15) is 14.7 Å². The van der Waals surface area contributed by atoms with E-state index in [4.69, 9.17) is 0 Å². The van der Waals surface area contributed by atoms with Gasteiger partial charge in [-0.2, -0.15) is 0 Å². The highest BCUT2D eigenvalue weighted by Crippen LogP contribution is 2.35. The van der Waals surface area contributed by atoms with Crippen molar-refractivity contribution in [1.29, 1.82) is 0 Å². The van der Waals surface area contributed by atoms with Gasteiger partial charge in [0.25, 0.3) is 0 Å². The van der Waals surface area contributed by atoms with Crippen molar-refractivity contribution >= 4 is 34.4 Å². The average Bonchev–Trinajstić information content (AvgIpc) is 3.51. The second-order valence-electron chi connectivity index (χ2n) is 8.45. The number of ketones is 1. The number of aromatic nitrogens is 2. The quantitative estimate of drug-likeness (QED) is 0.560. The highest BCUT2D eigenvalue weighted by Gasteiger charge is 2.40. The fourth-order valence-electron chi connectivity index (χ4n) is 4.20. The van der Waals surface area contributed by atoms with Crippen molar-refractivity contribution < 1.29 is 14.7 Å². The Morgan fingerprint density at radius 1 is 1.19 bits per heavy atom. The lowest BCUT2D eigenvalue weighted by Crippen LogP contribution is -2.43. The summed E-state index contributed by atoms with van der Waals surface area (Å²) in [5.74, 6) is 0.0756. The number of carbonyl (C=O) groups is 2. The smallest absolute Gasteiger partial charge is 0.225 e. The molecule has 0 unspecified atom stereocenters. The number of hydrogen-bond acceptors (Lipinski definition) is 7. The molecule has 1 amide bonds. The summed E-state index contributed by atoms with van der Waals surface area (Å²) in [6.45, 7) is 6.14. The van der Waals surface area contributed by atoms with Crippen LogP contribution < -0.4 is 0 Å². The Bertz CT molecular complexity index is 1110. The van der Waals surface area contributed by atoms with E-state index in [2.05, 4.69) is 22.1 Å². The monoisotopic (exact) mass is 469 g/mol. The molecule has 2 aromatic heterocycles. The Hall–Kier alpha value is -2.42. The van der Waals surface area contributed by atoms with Gasteiger partial charge in [0, 0.05) is 23.8 Å². The van der Waals surface area contributed by atoms with Gasteiger partial charge < -0.3 is 10.0 Å². The minimum Gasteiger partial charge on any atom is -0.389 e. The van der Waals surface area contributed by atoms with Crippen LogP contribution in [0, 0.1) is 12.8 Å². The van der Waals surface area contributed by atoms with Gasteiger partial charge in [-0.1, -0.05) is 44.2 Å². The molecule has 4 rings (SSSR count). The molecule has 1 aliphatic heterocycles. The van der Waals surface area contributed by atoms with Gasteiger partial charge in [0.05, 0.1) is 35.3 Å². The average molecular weight is 470 g/mol. The van der Waals surface area contributed by atoms with Gasteiger partial charge in [-0.15, -0.1) is 22.7 Å². The molecule has 1 fully saturated rings. The number of nitrogens with zero attached hydrogens (tertiary/aromatic N) is 3. The molecule has 1 N–H and O–H groups in total. The minimum atomic E-state index is -0.423. The second kappa shape index (κ2) is 9.60. The third-order valence-corrected chi connectivity index (χ3v) is 7.82. The highest BCUT2D eigenvalue weighted by molar-refractivity contribution is 7.16. The number of aryl methyl sites for hydroxylation is 1. The van der Waals surface area contributed by atoms with Crippen molar-refractivity contribution in [1.82, 2.24) is 14.9 Å². The van der Waals surface area contributed by atoms with Gasteiger partial charge in [-0.05, 0) is 18.9 Å². The molecule has 1 aliphatic rings. The molecule has 0 aliphatic carbocycles. The second-order valence-corrected chi connectivity index (χ2v) is 10.5. The van der Waals surface area contributed by atoms with E-state index in [1.807, 2.05) is 44.4 Å². The summed E-state index contributed by atoms with van der Waals surface area (Å²) in [6.07, 6.45) is 0.858. The molecule has 0 spiro atoms. The van der Waals surface area contributed by atoms with E-state index >= 15 is 0 Å². The van der Waals surface area contributed by atoms with E-state index in [-0.39, 0.29) is 36.6 Å². The van der Waals surface area contributed by atoms with Crippen molar-refractivity contribution in [3.63, 3.8) is 0 Å². The van der Waals surface area contributed by atoms with Gasteiger partial charge in [0.1, 0.15) is 10.0 Å². The first-order chi connectivity index (χ1) is 15.4. The summed E-state index contributed by atoms with van der Waals surface area (Å²) in [6, 6.07) is 9.70. The SMILES string of the molecule is Cc1nc(CO)sc1-c1csc(CC(=O)[C@@H]2C[C@@H](c3ccccc3)CN2C(=O)C(C)C)n1. The van der Waals surface area contributed by atoms with Crippen LogP contribution in [0.25, 0.3) is 10.6 Å². The zero-order valence-corrected chi connectivity index (χ0v) is 20.1. The highest BCUT2D eigenvalue weighted by atomic mass is 32.1. The third kappa shape index (κ3) is 4.67. The molecule has 3 aromatic rings. The lowest BCUT2D eigenvalue weighted by molar-refractivity contribution is -0.139. The minimum absolute atomic E-state index is 0.0263. The summed E-state index contributed by atoms with van der Waals surface area (Å²) in [5, 5.41) is 12.7. The van der Waals surface area contributed by atoms with Crippen molar-refractivity contribution in [2.45, 2.75) is 52.2 Å². The maximum atomic E-state index is 13.3. The summed E-state index contributed by atoms with van der Waals surface area (Å²) in [5.41, 5.74) is 2.79. The van der Waals surface area contributed by atoms with E-state index in [1.165, 1.54) is 28.2 Å². The van der Waals surface area contributed by atoms with Crippen LogP contribution in [0.2, 0.25) is 0 Å². The Balaban J connectivity index is 1.52. The molecule has 3 heterocycles. The largest absolute Gasteiger partial charge is 0.389 e. The first-order valence-electron chi connectivity index (χ1n) is 10.8. The molecule has 0 radical (unpaired) electrons. The number of carbonyl (C=O) groups excluding carboxylic acids is 2. The number of aliphatic hydroxyl groups is 1.